The molecule has 8 nitrogen and oxygen atoms in total. The Kier molecular flexibility index (Phi) is 4.77. The second-order valence-corrected chi connectivity index (χ2v) is 7.41. The summed E-state index contributed by atoms with van der Waals surface area (Å²) in [6, 6.07) is 5.61. The van der Waals surface area contributed by atoms with Gasteiger partial charge >= 0.3 is 0 Å². The van der Waals surface area contributed by atoms with Crippen LogP contribution in [0.5, 0.6) is 5.75 Å². The van der Waals surface area contributed by atoms with Gasteiger partial charge in [-0.1, -0.05) is 0 Å². The van der Waals surface area contributed by atoms with Crippen molar-refractivity contribution in [2.24, 2.45) is 14.1 Å². The van der Waals surface area contributed by atoms with Gasteiger partial charge in [0.25, 0.3) is 5.91 Å². The van der Waals surface area contributed by atoms with Gasteiger partial charge in [0, 0.05) is 46.0 Å². The van der Waals surface area contributed by atoms with Gasteiger partial charge in [0.1, 0.15) is 11.3 Å². The molecule has 0 unspecified atom stereocenters. The van der Waals surface area contributed by atoms with E-state index in [4.69, 9.17) is 9.72 Å². The summed E-state index contributed by atoms with van der Waals surface area (Å²) in [7, 11) is 5.40. The summed E-state index contributed by atoms with van der Waals surface area (Å²) in [5.41, 5.74) is 3.67. The van der Waals surface area contributed by atoms with Crippen LogP contribution in [0.25, 0.3) is 22.6 Å². The van der Waals surface area contributed by atoms with Crippen LogP contribution in [-0.4, -0.2) is 51.0 Å². The number of methoxy groups -OCH3 is 1. The lowest BCUT2D eigenvalue weighted by atomic mass is 10.2. The highest BCUT2D eigenvalue weighted by molar-refractivity contribution is 6.00. The fourth-order valence-corrected chi connectivity index (χ4v) is 4.01. The lowest BCUT2D eigenvalue weighted by Crippen LogP contribution is -2.27. The summed E-state index contributed by atoms with van der Waals surface area (Å²) in [6.45, 7) is 3.04. The van der Waals surface area contributed by atoms with Gasteiger partial charge < -0.3 is 24.1 Å². The van der Waals surface area contributed by atoms with Crippen molar-refractivity contribution in [1.29, 1.82) is 0 Å². The molecule has 0 saturated carbocycles. The molecular formula is C21H25N5O3. The van der Waals surface area contributed by atoms with E-state index in [2.05, 4.69) is 5.32 Å². The molecule has 0 bridgehead atoms. The predicted octanol–water partition coefficient (Wildman–Crippen LogP) is 2.78. The van der Waals surface area contributed by atoms with Crippen LogP contribution < -0.4 is 10.1 Å². The Morgan fingerprint density at radius 1 is 1.17 bits per heavy atom. The van der Waals surface area contributed by atoms with Gasteiger partial charge in [-0.3, -0.25) is 9.59 Å². The van der Waals surface area contributed by atoms with E-state index in [0.29, 0.717) is 22.8 Å². The van der Waals surface area contributed by atoms with Crippen molar-refractivity contribution in [2.45, 2.75) is 19.8 Å². The third kappa shape index (κ3) is 3.24. The number of fused-ring (bicyclic) bond motifs is 1. The number of anilines is 1. The number of carbonyl (C=O) groups is 2. The maximum absolute atomic E-state index is 13.0. The van der Waals surface area contributed by atoms with E-state index in [-0.39, 0.29) is 11.8 Å². The van der Waals surface area contributed by atoms with Gasteiger partial charge in [-0.15, -0.1) is 0 Å². The third-order valence-electron chi connectivity index (χ3n) is 5.38. The number of imidazole rings is 1. The Morgan fingerprint density at radius 3 is 2.55 bits per heavy atom. The molecule has 2 amide bonds. The molecule has 1 N–H and O–H groups in total. The van der Waals surface area contributed by atoms with Gasteiger partial charge in [0.2, 0.25) is 5.91 Å². The number of aromatic nitrogens is 3. The van der Waals surface area contributed by atoms with Crippen molar-refractivity contribution in [3.05, 3.63) is 30.0 Å². The zero-order valence-corrected chi connectivity index (χ0v) is 17.2. The number of hydrogen-bond donors (Lipinski definition) is 1. The first kappa shape index (κ1) is 19.0. The Balaban J connectivity index is 1.81. The first-order valence-corrected chi connectivity index (χ1v) is 9.67. The van der Waals surface area contributed by atoms with Crippen molar-refractivity contribution < 1.29 is 14.3 Å². The average Bonchev–Trinajstić information content (AvgIpc) is 3.39. The SMILES string of the molecule is COc1c(C(=O)N2CCCC2)cn(C)c1-c1nc2cc(NC(C)=O)ccc2n1C. The third-order valence-corrected chi connectivity index (χ3v) is 5.38. The number of carbonyl (C=O) groups excluding carboxylic acids is 2. The molecule has 152 valence electrons. The number of rotatable bonds is 4. The number of aryl methyl sites for hydroxylation is 2. The summed E-state index contributed by atoms with van der Waals surface area (Å²) < 4.78 is 9.54. The molecule has 1 aromatic carbocycles. The summed E-state index contributed by atoms with van der Waals surface area (Å²) in [4.78, 5) is 31.0. The minimum absolute atomic E-state index is 0.00657. The van der Waals surface area contributed by atoms with Gasteiger partial charge in [-0.05, 0) is 31.0 Å². The summed E-state index contributed by atoms with van der Waals surface area (Å²) in [5.74, 6) is 1.09. The monoisotopic (exact) mass is 395 g/mol. The molecule has 2 aromatic heterocycles. The van der Waals surface area contributed by atoms with E-state index in [1.165, 1.54) is 6.92 Å². The molecule has 0 atom stereocenters. The quantitative estimate of drug-likeness (QED) is 0.737. The van der Waals surface area contributed by atoms with E-state index in [0.717, 1.165) is 42.7 Å². The first-order chi connectivity index (χ1) is 13.9. The largest absolute Gasteiger partial charge is 0.494 e. The molecule has 3 heterocycles. The summed E-state index contributed by atoms with van der Waals surface area (Å²) in [6.07, 6.45) is 3.89. The predicted molar refractivity (Wildman–Crippen MR) is 111 cm³/mol. The molecule has 0 radical (unpaired) electrons. The minimum atomic E-state index is -0.130. The number of hydrogen-bond acceptors (Lipinski definition) is 4. The van der Waals surface area contributed by atoms with Gasteiger partial charge in [-0.2, -0.15) is 0 Å². The summed E-state index contributed by atoms with van der Waals surface area (Å²) >= 11 is 0. The number of amides is 2. The number of nitrogens with one attached hydrogen (secondary N) is 1. The molecule has 29 heavy (non-hydrogen) atoms. The Labute approximate surface area is 169 Å². The zero-order valence-electron chi connectivity index (χ0n) is 17.2. The van der Waals surface area contributed by atoms with Crippen LogP contribution in [0.15, 0.2) is 24.4 Å². The number of benzene rings is 1. The van der Waals surface area contributed by atoms with Gasteiger partial charge in [0.05, 0.1) is 18.1 Å². The molecule has 1 fully saturated rings. The molecule has 0 spiro atoms. The smallest absolute Gasteiger partial charge is 0.259 e. The second kappa shape index (κ2) is 7.27. The second-order valence-electron chi connectivity index (χ2n) is 7.41. The molecule has 4 rings (SSSR count). The minimum Gasteiger partial charge on any atom is -0.494 e. The molecule has 1 saturated heterocycles. The summed E-state index contributed by atoms with van der Waals surface area (Å²) in [5, 5.41) is 2.78. The van der Waals surface area contributed by atoms with Crippen LogP contribution in [0, 0.1) is 0 Å². The Morgan fingerprint density at radius 2 is 1.90 bits per heavy atom. The van der Waals surface area contributed by atoms with Crippen LogP contribution in [0.1, 0.15) is 30.1 Å². The van der Waals surface area contributed by atoms with E-state index in [1.807, 2.05) is 52.5 Å². The lowest BCUT2D eigenvalue weighted by molar-refractivity contribution is -0.114. The molecule has 1 aliphatic heterocycles. The Bertz CT molecular complexity index is 1110. The topological polar surface area (TPSA) is 81.4 Å². The standard InChI is InChI=1S/C21H25N5O3/c1-13(27)22-14-7-8-17-16(11-14)23-20(25(17)3)18-19(29-4)15(12-24(18)2)21(28)26-9-5-6-10-26/h7-8,11-12H,5-6,9-10H2,1-4H3,(H,22,27). The number of likely N-dealkylation sites (tertiary alicyclic amines) is 1. The van der Waals surface area contributed by atoms with Crippen molar-refractivity contribution in [1.82, 2.24) is 19.0 Å². The fraction of sp³-hybridized carbons (Fsp3) is 0.381. The number of ether oxygens (including phenoxy) is 1. The maximum atomic E-state index is 13.0. The van der Waals surface area contributed by atoms with E-state index in [9.17, 15) is 9.59 Å². The van der Waals surface area contributed by atoms with Crippen molar-refractivity contribution in [2.75, 3.05) is 25.5 Å². The van der Waals surface area contributed by atoms with E-state index >= 15 is 0 Å². The average molecular weight is 395 g/mol. The van der Waals surface area contributed by atoms with E-state index < -0.39 is 0 Å². The molecule has 8 heteroatoms. The molecule has 0 aliphatic carbocycles. The normalized spacial score (nSPS) is 13.9. The van der Waals surface area contributed by atoms with Crippen molar-refractivity contribution >= 4 is 28.5 Å². The van der Waals surface area contributed by atoms with Gasteiger partial charge in [-0.25, -0.2) is 4.98 Å². The zero-order chi connectivity index (χ0) is 20.7. The molecule has 3 aromatic rings. The molecule has 1 aliphatic rings. The number of nitrogens with zero attached hydrogens (tertiary/aromatic N) is 4. The van der Waals surface area contributed by atoms with Crippen molar-refractivity contribution in [3.63, 3.8) is 0 Å². The van der Waals surface area contributed by atoms with Crippen molar-refractivity contribution in [3.8, 4) is 17.3 Å². The van der Waals surface area contributed by atoms with Crippen LogP contribution in [-0.2, 0) is 18.9 Å². The Hall–Kier alpha value is -3.29. The highest BCUT2D eigenvalue weighted by atomic mass is 16.5. The molecular weight excluding hydrogens is 370 g/mol. The first-order valence-electron chi connectivity index (χ1n) is 9.67. The highest BCUT2D eigenvalue weighted by Crippen LogP contribution is 2.36. The van der Waals surface area contributed by atoms with Crippen LogP contribution in [0.3, 0.4) is 0 Å². The van der Waals surface area contributed by atoms with Crippen LogP contribution >= 0.6 is 0 Å². The fourth-order valence-electron chi connectivity index (χ4n) is 4.01. The lowest BCUT2D eigenvalue weighted by Gasteiger charge is -2.15. The highest BCUT2D eigenvalue weighted by Gasteiger charge is 2.29. The van der Waals surface area contributed by atoms with E-state index in [1.54, 1.807) is 7.11 Å². The van der Waals surface area contributed by atoms with Gasteiger partial charge in [0.15, 0.2) is 11.6 Å². The van der Waals surface area contributed by atoms with Crippen LogP contribution in [0.2, 0.25) is 0 Å². The van der Waals surface area contributed by atoms with Crippen LogP contribution in [0.4, 0.5) is 5.69 Å². The maximum Gasteiger partial charge on any atom is 0.259 e.